The van der Waals surface area contributed by atoms with Crippen LogP contribution in [-0.2, 0) is 6.54 Å². The Morgan fingerprint density at radius 2 is 2.33 bits per heavy atom. The number of rotatable bonds is 8. The fraction of sp³-hybridized carbons (Fsp3) is 0.769. The summed E-state index contributed by atoms with van der Waals surface area (Å²) in [5.74, 6) is 0. The van der Waals surface area contributed by atoms with Crippen molar-refractivity contribution in [3.8, 4) is 0 Å². The second-order valence-corrected chi connectivity index (χ2v) is 6.43. The first-order valence-electron chi connectivity index (χ1n) is 6.68. The Hall–Kier alpha value is -0.390. The van der Waals surface area contributed by atoms with E-state index in [0.717, 1.165) is 30.3 Å². The predicted molar refractivity (Wildman–Crippen MR) is 75.4 cm³/mol. The fourth-order valence-electron chi connectivity index (χ4n) is 2.17. The molecule has 0 amide bonds. The number of aromatic nitrogens is 2. The van der Waals surface area contributed by atoms with Gasteiger partial charge in [0.25, 0.3) is 0 Å². The highest BCUT2D eigenvalue weighted by Crippen LogP contribution is 2.25. The molecule has 0 spiro atoms. The lowest BCUT2D eigenvalue weighted by Crippen LogP contribution is -2.46. The van der Waals surface area contributed by atoms with Crippen LogP contribution >= 0.6 is 15.9 Å². The normalized spacial score (nSPS) is 18.8. The third-order valence-corrected chi connectivity index (χ3v) is 3.86. The molecule has 1 heterocycles. The van der Waals surface area contributed by atoms with Crippen LogP contribution in [0.5, 0.6) is 0 Å². The van der Waals surface area contributed by atoms with E-state index in [1.54, 1.807) is 0 Å². The van der Waals surface area contributed by atoms with Crippen LogP contribution < -0.4 is 5.32 Å². The van der Waals surface area contributed by atoms with Crippen molar-refractivity contribution >= 4 is 15.9 Å². The molecule has 1 saturated carbocycles. The molecule has 2 rings (SSSR count). The quantitative estimate of drug-likeness (QED) is 0.724. The van der Waals surface area contributed by atoms with E-state index in [0.29, 0.717) is 6.04 Å². The molecule has 1 aliphatic carbocycles. The molecule has 1 aromatic rings. The summed E-state index contributed by atoms with van der Waals surface area (Å²) in [4.78, 5) is 0. The number of aryl methyl sites for hydroxylation is 1. The van der Waals surface area contributed by atoms with Gasteiger partial charge in [0.15, 0.2) is 0 Å². The summed E-state index contributed by atoms with van der Waals surface area (Å²) in [5, 5.41) is 17.3. The van der Waals surface area contributed by atoms with Gasteiger partial charge in [-0.3, -0.25) is 4.68 Å². The Morgan fingerprint density at radius 3 is 2.89 bits per heavy atom. The topological polar surface area (TPSA) is 50.1 Å². The van der Waals surface area contributed by atoms with Gasteiger partial charge in [-0.1, -0.05) is 0 Å². The maximum absolute atomic E-state index is 9.50. The van der Waals surface area contributed by atoms with Gasteiger partial charge in [-0.15, -0.1) is 0 Å². The Balaban J connectivity index is 1.66. The maximum Gasteiger partial charge on any atom is 0.0632 e. The lowest BCUT2D eigenvalue weighted by Gasteiger charge is -2.29. The summed E-state index contributed by atoms with van der Waals surface area (Å²) in [6.07, 6.45) is 9.54. The van der Waals surface area contributed by atoms with Gasteiger partial charge in [-0.05, 0) is 55.0 Å². The predicted octanol–water partition coefficient (Wildman–Crippen LogP) is 2.32. The number of aliphatic hydroxyl groups excluding tert-OH is 1. The second kappa shape index (κ2) is 6.17. The van der Waals surface area contributed by atoms with Crippen LogP contribution in [0.25, 0.3) is 0 Å². The third kappa shape index (κ3) is 4.37. The molecule has 18 heavy (non-hydrogen) atoms. The molecule has 0 aromatic carbocycles. The van der Waals surface area contributed by atoms with Gasteiger partial charge in [0, 0.05) is 24.3 Å². The van der Waals surface area contributed by atoms with Crippen LogP contribution in [-0.4, -0.2) is 33.1 Å². The van der Waals surface area contributed by atoms with Crippen LogP contribution in [0.4, 0.5) is 0 Å². The number of unbranched alkanes of at least 4 members (excludes halogenated alkanes) is 1. The van der Waals surface area contributed by atoms with Crippen molar-refractivity contribution in [3.05, 3.63) is 16.9 Å². The molecular formula is C13H22BrN3O. The highest BCUT2D eigenvalue weighted by atomic mass is 79.9. The van der Waals surface area contributed by atoms with Crippen LogP contribution in [0.15, 0.2) is 16.9 Å². The van der Waals surface area contributed by atoms with E-state index in [1.165, 1.54) is 12.8 Å². The largest absolute Gasteiger partial charge is 0.394 e. The summed E-state index contributed by atoms with van der Waals surface area (Å²) < 4.78 is 2.98. The third-order valence-electron chi connectivity index (χ3n) is 3.45. The summed E-state index contributed by atoms with van der Waals surface area (Å²) in [6.45, 7) is 3.28. The molecule has 2 N–H and O–H groups in total. The van der Waals surface area contributed by atoms with Gasteiger partial charge < -0.3 is 10.4 Å². The van der Waals surface area contributed by atoms with Gasteiger partial charge in [0.1, 0.15) is 0 Å². The molecule has 0 radical (unpaired) electrons. The minimum absolute atomic E-state index is 0.105. The minimum atomic E-state index is -0.105. The zero-order chi connectivity index (χ0) is 13.0. The minimum Gasteiger partial charge on any atom is -0.394 e. The molecule has 1 fully saturated rings. The number of nitrogens with one attached hydrogen (secondary N) is 1. The van der Waals surface area contributed by atoms with Crippen molar-refractivity contribution in [2.45, 2.75) is 57.2 Å². The van der Waals surface area contributed by atoms with Crippen molar-refractivity contribution in [1.29, 1.82) is 0 Å². The van der Waals surface area contributed by atoms with E-state index >= 15 is 0 Å². The van der Waals surface area contributed by atoms with E-state index in [1.807, 2.05) is 17.1 Å². The van der Waals surface area contributed by atoms with Gasteiger partial charge in [-0.2, -0.15) is 5.10 Å². The Kier molecular flexibility index (Phi) is 4.81. The molecule has 1 aromatic heterocycles. The van der Waals surface area contributed by atoms with Crippen LogP contribution in [0.2, 0.25) is 0 Å². The highest BCUT2D eigenvalue weighted by Gasteiger charge is 2.31. The lowest BCUT2D eigenvalue weighted by atomic mass is 9.95. The summed E-state index contributed by atoms with van der Waals surface area (Å²) >= 11 is 3.39. The van der Waals surface area contributed by atoms with E-state index < -0.39 is 0 Å². The number of hydrogen-bond donors (Lipinski definition) is 2. The first-order chi connectivity index (χ1) is 8.61. The molecule has 1 atom stereocenters. The van der Waals surface area contributed by atoms with Crippen molar-refractivity contribution in [3.63, 3.8) is 0 Å². The van der Waals surface area contributed by atoms with E-state index in [4.69, 9.17) is 0 Å². The summed E-state index contributed by atoms with van der Waals surface area (Å²) in [5.41, 5.74) is -0.105. The van der Waals surface area contributed by atoms with E-state index in [9.17, 15) is 5.11 Å². The van der Waals surface area contributed by atoms with E-state index in [-0.39, 0.29) is 12.1 Å². The van der Waals surface area contributed by atoms with Crippen molar-refractivity contribution in [2.75, 3.05) is 6.61 Å². The summed E-state index contributed by atoms with van der Waals surface area (Å²) in [7, 11) is 0. The number of aliphatic hydroxyl groups is 1. The van der Waals surface area contributed by atoms with Crippen molar-refractivity contribution in [2.24, 2.45) is 0 Å². The Bertz CT molecular complexity index is 378. The Labute approximate surface area is 117 Å². The number of halogens is 1. The molecule has 0 aliphatic heterocycles. The lowest BCUT2D eigenvalue weighted by molar-refractivity contribution is 0.160. The number of nitrogens with zero attached hydrogens (tertiary/aromatic N) is 2. The van der Waals surface area contributed by atoms with Crippen LogP contribution in [0, 0.1) is 0 Å². The number of hydrogen-bond acceptors (Lipinski definition) is 3. The van der Waals surface area contributed by atoms with Gasteiger partial charge in [0.05, 0.1) is 17.3 Å². The fourth-order valence-corrected chi connectivity index (χ4v) is 2.49. The molecule has 0 bridgehead atoms. The average Bonchev–Trinajstić information content (AvgIpc) is 3.06. The van der Waals surface area contributed by atoms with Gasteiger partial charge >= 0.3 is 0 Å². The molecule has 102 valence electrons. The zero-order valence-electron chi connectivity index (χ0n) is 10.9. The molecule has 4 nitrogen and oxygen atoms in total. The highest BCUT2D eigenvalue weighted by molar-refractivity contribution is 9.10. The van der Waals surface area contributed by atoms with Crippen molar-refractivity contribution < 1.29 is 5.11 Å². The maximum atomic E-state index is 9.50. The smallest absolute Gasteiger partial charge is 0.0632 e. The zero-order valence-corrected chi connectivity index (χ0v) is 12.5. The van der Waals surface area contributed by atoms with Gasteiger partial charge in [-0.25, -0.2) is 0 Å². The van der Waals surface area contributed by atoms with Crippen molar-refractivity contribution in [1.82, 2.24) is 15.1 Å². The monoisotopic (exact) mass is 315 g/mol. The molecular weight excluding hydrogens is 294 g/mol. The molecule has 0 saturated heterocycles. The first kappa shape index (κ1) is 14.0. The van der Waals surface area contributed by atoms with Crippen LogP contribution in [0.1, 0.15) is 39.0 Å². The average molecular weight is 316 g/mol. The van der Waals surface area contributed by atoms with Crippen LogP contribution in [0.3, 0.4) is 0 Å². The van der Waals surface area contributed by atoms with E-state index in [2.05, 4.69) is 33.3 Å². The summed E-state index contributed by atoms with van der Waals surface area (Å²) in [6, 6.07) is 0.643. The standard InChI is InChI=1S/C13H22BrN3O/c1-13(10-18,16-12-4-5-12)6-2-3-7-17-9-11(14)8-15-17/h8-9,12,16,18H,2-7,10H2,1H3. The molecule has 1 aliphatic rings. The van der Waals surface area contributed by atoms with Gasteiger partial charge in [0.2, 0.25) is 0 Å². The molecule has 1 unspecified atom stereocenters. The molecule has 5 heteroatoms. The first-order valence-corrected chi connectivity index (χ1v) is 7.47. The SMILES string of the molecule is CC(CO)(CCCCn1cc(Br)cn1)NC1CC1. The Morgan fingerprint density at radius 1 is 1.56 bits per heavy atom. The second-order valence-electron chi connectivity index (χ2n) is 5.52.